The Balaban J connectivity index is 2.15. The maximum Gasteiger partial charge on any atom is 0.126 e. The highest BCUT2D eigenvalue weighted by atomic mass is 16.5. The van der Waals surface area contributed by atoms with Gasteiger partial charge < -0.3 is 10.1 Å². The van der Waals surface area contributed by atoms with Crippen LogP contribution >= 0.6 is 0 Å². The van der Waals surface area contributed by atoms with Gasteiger partial charge in [0.05, 0.1) is 7.11 Å². The van der Waals surface area contributed by atoms with Crippen molar-refractivity contribution in [2.75, 3.05) is 12.4 Å². The van der Waals surface area contributed by atoms with E-state index in [2.05, 4.69) is 42.3 Å². The zero-order chi connectivity index (χ0) is 13.0. The fourth-order valence-electron chi connectivity index (χ4n) is 2.03. The van der Waals surface area contributed by atoms with Crippen LogP contribution in [0.25, 0.3) is 0 Å². The van der Waals surface area contributed by atoms with Crippen LogP contribution in [-0.2, 0) is 6.54 Å². The fraction of sp³-hybridized carbons (Fsp3) is 0.267. The Kier molecular flexibility index (Phi) is 3.82. The lowest BCUT2D eigenvalue weighted by Crippen LogP contribution is -2.03. The molecule has 0 aliphatic rings. The van der Waals surface area contributed by atoms with Gasteiger partial charge in [-0.15, -0.1) is 0 Å². The minimum absolute atomic E-state index is 0.765. The number of nitrogens with zero attached hydrogens (tertiary/aromatic N) is 1. The maximum atomic E-state index is 5.42. The lowest BCUT2D eigenvalue weighted by Gasteiger charge is -2.14. The van der Waals surface area contributed by atoms with Gasteiger partial charge in [-0.05, 0) is 37.1 Å². The lowest BCUT2D eigenvalue weighted by atomic mass is 10.1. The predicted molar refractivity (Wildman–Crippen MR) is 74.0 cm³/mol. The molecule has 0 saturated carbocycles. The summed E-state index contributed by atoms with van der Waals surface area (Å²) < 4.78 is 5.42. The Morgan fingerprint density at radius 1 is 1.22 bits per heavy atom. The molecule has 0 aliphatic carbocycles. The van der Waals surface area contributed by atoms with Crippen molar-refractivity contribution >= 4 is 5.69 Å². The standard InChI is InChI=1S/C15H18N2O/c1-11-6-7-14(12(2)15(11)18-3)17-10-13-5-4-8-16-9-13/h4-9,17H,10H2,1-3H3. The first-order valence-electron chi connectivity index (χ1n) is 5.99. The van der Waals surface area contributed by atoms with E-state index in [0.29, 0.717) is 0 Å². The molecule has 0 radical (unpaired) electrons. The lowest BCUT2D eigenvalue weighted by molar-refractivity contribution is 0.409. The normalized spacial score (nSPS) is 10.2. The zero-order valence-corrected chi connectivity index (χ0v) is 11.0. The summed E-state index contributed by atoms with van der Waals surface area (Å²) >= 11 is 0. The first kappa shape index (κ1) is 12.4. The van der Waals surface area contributed by atoms with Crippen molar-refractivity contribution < 1.29 is 4.74 Å². The topological polar surface area (TPSA) is 34.1 Å². The highest BCUT2D eigenvalue weighted by molar-refractivity contribution is 5.59. The number of nitrogens with one attached hydrogen (secondary N) is 1. The van der Waals surface area contributed by atoms with Crippen molar-refractivity contribution in [3.05, 3.63) is 53.3 Å². The van der Waals surface area contributed by atoms with Crippen LogP contribution in [0.5, 0.6) is 5.75 Å². The van der Waals surface area contributed by atoms with E-state index in [9.17, 15) is 0 Å². The molecule has 0 bridgehead atoms. The third-order valence-corrected chi connectivity index (χ3v) is 3.01. The van der Waals surface area contributed by atoms with Crippen molar-refractivity contribution in [1.29, 1.82) is 0 Å². The van der Waals surface area contributed by atoms with Gasteiger partial charge in [-0.2, -0.15) is 0 Å². The van der Waals surface area contributed by atoms with Crippen LogP contribution in [0.4, 0.5) is 5.69 Å². The Hall–Kier alpha value is -2.03. The largest absolute Gasteiger partial charge is 0.496 e. The molecular formula is C15H18N2O. The predicted octanol–water partition coefficient (Wildman–Crippen LogP) is 3.32. The second-order valence-electron chi connectivity index (χ2n) is 4.30. The van der Waals surface area contributed by atoms with E-state index in [-0.39, 0.29) is 0 Å². The molecule has 18 heavy (non-hydrogen) atoms. The van der Waals surface area contributed by atoms with Crippen molar-refractivity contribution in [3.63, 3.8) is 0 Å². The van der Waals surface area contributed by atoms with E-state index < -0.39 is 0 Å². The summed E-state index contributed by atoms with van der Waals surface area (Å²) in [5, 5.41) is 3.41. The van der Waals surface area contributed by atoms with Gasteiger partial charge in [0.1, 0.15) is 5.75 Å². The second-order valence-corrected chi connectivity index (χ2v) is 4.30. The van der Waals surface area contributed by atoms with E-state index >= 15 is 0 Å². The van der Waals surface area contributed by atoms with Gasteiger partial charge in [0.2, 0.25) is 0 Å². The highest BCUT2D eigenvalue weighted by Crippen LogP contribution is 2.29. The van der Waals surface area contributed by atoms with E-state index in [0.717, 1.165) is 34.7 Å². The summed E-state index contributed by atoms with van der Waals surface area (Å²) in [6, 6.07) is 8.15. The quantitative estimate of drug-likeness (QED) is 0.893. The summed E-state index contributed by atoms with van der Waals surface area (Å²) in [4.78, 5) is 4.10. The summed E-state index contributed by atoms with van der Waals surface area (Å²) in [5.41, 5.74) is 4.56. The van der Waals surface area contributed by atoms with Crippen molar-refractivity contribution in [3.8, 4) is 5.75 Å². The molecule has 3 heteroatoms. The molecule has 0 fully saturated rings. The van der Waals surface area contributed by atoms with Crippen LogP contribution in [0.2, 0.25) is 0 Å². The third-order valence-electron chi connectivity index (χ3n) is 3.01. The SMILES string of the molecule is COc1c(C)ccc(NCc2cccnc2)c1C. The van der Waals surface area contributed by atoms with Gasteiger partial charge in [0.15, 0.2) is 0 Å². The van der Waals surface area contributed by atoms with Crippen LogP contribution in [-0.4, -0.2) is 12.1 Å². The molecule has 0 amide bonds. The second kappa shape index (κ2) is 5.54. The van der Waals surface area contributed by atoms with Crippen molar-refractivity contribution in [1.82, 2.24) is 4.98 Å². The minimum Gasteiger partial charge on any atom is -0.496 e. The van der Waals surface area contributed by atoms with Gasteiger partial charge >= 0.3 is 0 Å². The molecule has 0 saturated heterocycles. The molecule has 0 spiro atoms. The summed E-state index contributed by atoms with van der Waals surface area (Å²) in [6.45, 7) is 4.88. The Labute approximate surface area is 108 Å². The number of aryl methyl sites for hydroxylation is 1. The molecule has 1 aromatic carbocycles. The molecule has 1 heterocycles. The number of ether oxygens (including phenoxy) is 1. The molecule has 2 aromatic rings. The van der Waals surface area contributed by atoms with Crippen LogP contribution < -0.4 is 10.1 Å². The molecular weight excluding hydrogens is 224 g/mol. The van der Waals surface area contributed by atoms with Crippen molar-refractivity contribution in [2.45, 2.75) is 20.4 Å². The van der Waals surface area contributed by atoms with E-state index in [1.165, 1.54) is 0 Å². The number of hydrogen-bond donors (Lipinski definition) is 1. The molecule has 2 rings (SSSR count). The van der Waals surface area contributed by atoms with Crippen molar-refractivity contribution in [2.24, 2.45) is 0 Å². The number of hydrogen-bond acceptors (Lipinski definition) is 3. The molecule has 0 atom stereocenters. The fourth-order valence-corrected chi connectivity index (χ4v) is 2.03. The molecule has 0 unspecified atom stereocenters. The first-order valence-corrected chi connectivity index (χ1v) is 5.99. The van der Waals surface area contributed by atoms with Crippen LogP contribution in [0.15, 0.2) is 36.7 Å². The molecule has 1 N–H and O–H groups in total. The smallest absolute Gasteiger partial charge is 0.126 e. The average molecular weight is 242 g/mol. The van der Waals surface area contributed by atoms with Gasteiger partial charge in [-0.25, -0.2) is 0 Å². The van der Waals surface area contributed by atoms with Gasteiger partial charge in [-0.1, -0.05) is 12.1 Å². The summed E-state index contributed by atoms with van der Waals surface area (Å²) in [7, 11) is 1.71. The van der Waals surface area contributed by atoms with Gasteiger partial charge in [0, 0.05) is 30.2 Å². The zero-order valence-electron chi connectivity index (χ0n) is 11.0. The van der Waals surface area contributed by atoms with Crippen LogP contribution in [0.3, 0.4) is 0 Å². The number of methoxy groups -OCH3 is 1. The minimum atomic E-state index is 0.765. The average Bonchev–Trinajstić information content (AvgIpc) is 2.40. The van der Waals surface area contributed by atoms with E-state index in [1.807, 2.05) is 12.3 Å². The monoisotopic (exact) mass is 242 g/mol. The third kappa shape index (κ3) is 2.62. The van der Waals surface area contributed by atoms with Crippen LogP contribution in [0.1, 0.15) is 16.7 Å². The summed E-state index contributed by atoms with van der Waals surface area (Å²) in [5.74, 6) is 0.950. The number of benzene rings is 1. The molecule has 0 aliphatic heterocycles. The Morgan fingerprint density at radius 2 is 2.06 bits per heavy atom. The number of pyridine rings is 1. The number of rotatable bonds is 4. The van der Waals surface area contributed by atoms with E-state index in [1.54, 1.807) is 13.3 Å². The maximum absolute atomic E-state index is 5.42. The first-order chi connectivity index (χ1) is 8.72. The van der Waals surface area contributed by atoms with Gasteiger partial charge in [-0.3, -0.25) is 4.98 Å². The van der Waals surface area contributed by atoms with E-state index in [4.69, 9.17) is 4.74 Å². The molecule has 1 aromatic heterocycles. The number of aromatic nitrogens is 1. The summed E-state index contributed by atoms with van der Waals surface area (Å²) in [6.07, 6.45) is 3.65. The Morgan fingerprint density at radius 3 is 2.72 bits per heavy atom. The number of anilines is 1. The molecule has 94 valence electrons. The highest BCUT2D eigenvalue weighted by Gasteiger charge is 2.07. The van der Waals surface area contributed by atoms with Gasteiger partial charge in [0.25, 0.3) is 0 Å². The van der Waals surface area contributed by atoms with Crippen LogP contribution in [0, 0.1) is 13.8 Å². The Bertz CT molecular complexity index is 524. The molecule has 3 nitrogen and oxygen atoms in total.